The monoisotopic (exact) mass is 346 g/mol. The summed E-state index contributed by atoms with van der Waals surface area (Å²) in [6, 6.07) is 12.4. The number of fused-ring (bicyclic) bond motifs is 1. The molecule has 0 aromatic carbocycles. The Balaban J connectivity index is 1.66. The smallest absolute Gasteiger partial charge is 0.220 e. The summed E-state index contributed by atoms with van der Waals surface area (Å²) in [5.74, 6) is -0.0739. The standard InChI is InChI=1S/C20H15FN4O/c21-20-16(7-3-9-23-20)17-10-19(25-18-8-2-6-15(17)18)26-12-14-5-1-4-13(11-22)24-14/h1,3-5,7,9-10H,2,6,8,12H2. The lowest BCUT2D eigenvalue weighted by Gasteiger charge is -2.12. The van der Waals surface area contributed by atoms with Crippen molar-refractivity contribution in [2.45, 2.75) is 25.9 Å². The lowest BCUT2D eigenvalue weighted by Crippen LogP contribution is -2.03. The molecule has 0 fully saturated rings. The fourth-order valence-electron chi connectivity index (χ4n) is 3.19. The number of hydrogen-bond donors (Lipinski definition) is 0. The van der Waals surface area contributed by atoms with E-state index < -0.39 is 5.95 Å². The molecule has 0 radical (unpaired) electrons. The third-order valence-corrected chi connectivity index (χ3v) is 4.37. The summed E-state index contributed by atoms with van der Waals surface area (Å²) in [7, 11) is 0. The second-order valence-corrected chi connectivity index (χ2v) is 6.04. The minimum atomic E-state index is -0.498. The fraction of sp³-hybridized carbons (Fsp3) is 0.200. The lowest BCUT2D eigenvalue weighted by molar-refractivity contribution is 0.288. The Bertz CT molecular complexity index is 1010. The van der Waals surface area contributed by atoms with Crippen molar-refractivity contribution in [3.8, 4) is 23.1 Å². The van der Waals surface area contributed by atoms with Gasteiger partial charge in [-0.3, -0.25) is 0 Å². The van der Waals surface area contributed by atoms with Gasteiger partial charge >= 0.3 is 0 Å². The molecule has 6 heteroatoms. The molecule has 128 valence electrons. The van der Waals surface area contributed by atoms with Crippen molar-refractivity contribution in [3.05, 3.63) is 71.2 Å². The highest BCUT2D eigenvalue weighted by Gasteiger charge is 2.21. The maximum absolute atomic E-state index is 14.2. The van der Waals surface area contributed by atoms with E-state index in [9.17, 15) is 4.39 Å². The molecule has 3 aromatic heterocycles. The van der Waals surface area contributed by atoms with Gasteiger partial charge in [-0.1, -0.05) is 6.07 Å². The summed E-state index contributed by atoms with van der Waals surface area (Å²) < 4.78 is 20.0. The van der Waals surface area contributed by atoms with Crippen molar-refractivity contribution >= 4 is 0 Å². The van der Waals surface area contributed by atoms with E-state index in [1.807, 2.05) is 6.07 Å². The van der Waals surface area contributed by atoms with Crippen LogP contribution in [0.4, 0.5) is 4.39 Å². The van der Waals surface area contributed by atoms with Crippen LogP contribution in [0, 0.1) is 17.3 Å². The number of ether oxygens (including phenoxy) is 1. The van der Waals surface area contributed by atoms with Gasteiger partial charge in [0.25, 0.3) is 0 Å². The molecule has 0 amide bonds. The van der Waals surface area contributed by atoms with E-state index in [0.717, 1.165) is 36.1 Å². The van der Waals surface area contributed by atoms with Crippen LogP contribution in [0.15, 0.2) is 42.6 Å². The minimum Gasteiger partial charge on any atom is -0.471 e. The van der Waals surface area contributed by atoms with E-state index in [2.05, 4.69) is 15.0 Å². The Kier molecular flexibility index (Phi) is 4.28. The third-order valence-electron chi connectivity index (χ3n) is 4.37. The van der Waals surface area contributed by atoms with Crippen molar-refractivity contribution in [2.75, 3.05) is 0 Å². The number of pyridine rings is 3. The number of nitriles is 1. The van der Waals surface area contributed by atoms with Gasteiger partial charge in [0.2, 0.25) is 11.8 Å². The first-order valence-electron chi connectivity index (χ1n) is 8.37. The Labute approximate surface area is 150 Å². The first-order valence-corrected chi connectivity index (χ1v) is 8.37. The molecule has 0 saturated heterocycles. The van der Waals surface area contributed by atoms with Gasteiger partial charge in [0.05, 0.1) is 5.69 Å². The average Bonchev–Trinajstić information content (AvgIpc) is 3.15. The van der Waals surface area contributed by atoms with Gasteiger partial charge in [-0.15, -0.1) is 0 Å². The molecule has 3 heterocycles. The average molecular weight is 346 g/mol. The molecule has 0 spiro atoms. The van der Waals surface area contributed by atoms with Crippen LogP contribution < -0.4 is 4.74 Å². The van der Waals surface area contributed by atoms with Crippen LogP contribution in [0.25, 0.3) is 11.1 Å². The summed E-state index contributed by atoms with van der Waals surface area (Å²) >= 11 is 0. The fourth-order valence-corrected chi connectivity index (χ4v) is 3.19. The van der Waals surface area contributed by atoms with Crippen LogP contribution in [0.2, 0.25) is 0 Å². The van der Waals surface area contributed by atoms with E-state index in [1.165, 1.54) is 6.20 Å². The third kappa shape index (κ3) is 3.11. The molecule has 0 N–H and O–H groups in total. The highest BCUT2D eigenvalue weighted by Crippen LogP contribution is 2.35. The number of halogens is 1. The van der Waals surface area contributed by atoms with E-state index in [4.69, 9.17) is 10.00 Å². The first-order chi connectivity index (χ1) is 12.7. The molecule has 5 nitrogen and oxygen atoms in total. The Morgan fingerprint density at radius 3 is 2.88 bits per heavy atom. The van der Waals surface area contributed by atoms with E-state index in [0.29, 0.717) is 22.8 Å². The van der Waals surface area contributed by atoms with Crippen LogP contribution in [-0.4, -0.2) is 15.0 Å². The number of aromatic nitrogens is 3. The summed E-state index contributed by atoms with van der Waals surface area (Å²) in [5, 5.41) is 8.93. The second kappa shape index (κ2) is 6.89. The van der Waals surface area contributed by atoms with Crippen molar-refractivity contribution in [2.24, 2.45) is 0 Å². The maximum Gasteiger partial charge on any atom is 0.220 e. The van der Waals surface area contributed by atoms with Gasteiger partial charge in [-0.2, -0.15) is 9.65 Å². The molecular formula is C20H15FN4O. The molecule has 1 aliphatic rings. The van der Waals surface area contributed by atoms with Gasteiger partial charge in [-0.25, -0.2) is 15.0 Å². The molecule has 0 atom stereocenters. The van der Waals surface area contributed by atoms with E-state index >= 15 is 0 Å². The number of aryl methyl sites for hydroxylation is 1. The van der Waals surface area contributed by atoms with Crippen LogP contribution in [0.3, 0.4) is 0 Å². The molecule has 0 unspecified atom stereocenters. The minimum absolute atomic E-state index is 0.191. The molecule has 0 aliphatic heterocycles. The Morgan fingerprint density at radius 2 is 2.04 bits per heavy atom. The highest BCUT2D eigenvalue weighted by molar-refractivity contribution is 5.69. The zero-order chi connectivity index (χ0) is 17.9. The number of hydrogen-bond acceptors (Lipinski definition) is 5. The molecular weight excluding hydrogens is 331 g/mol. The normalized spacial score (nSPS) is 12.5. The largest absolute Gasteiger partial charge is 0.471 e. The number of nitrogens with zero attached hydrogens (tertiary/aromatic N) is 4. The van der Waals surface area contributed by atoms with Crippen LogP contribution in [0.5, 0.6) is 5.88 Å². The van der Waals surface area contributed by atoms with Gasteiger partial charge in [0.1, 0.15) is 18.4 Å². The summed E-state index contributed by atoms with van der Waals surface area (Å²) in [6.45, 7) is 0.191. The summed E-state index contributed by atoms with van der Waals surface area (Å²) in [4.78, 5) is 12.5. The molecule has 1 aliphatic carbocycles. The van der Waals surface area contributed by atoms with Crippen molar-refractivity contribution in [3.63, 3.8) is 0 Å². The van der Waals surface area contributed by atoms with Gasteiger partial charge < -0.3 is 4.74 Å². The molecule has 26 heavy (non-hydrogen) atoms. The SMILES string of the molecule is N#Cc1cccc(COc2cc(-c3cccnc3F)c3c(n2)CCC3)n1. The quantitative estimate of drug-likeness (QED) is 0.675. The van der Waals surface area contributed by atoms with Crippen LogP contribution in [0.1, 0.15) is 29.1 Å². The number of rotatable bonds is 4. The first kappa shape index (κ1) is 16.2. The highest BCUT2D eigenvalue weighted by atomic mass is 19.1. The maximum atomic E-state index is 14.2. The van der Waals surface area contributed by atoms with E-state index in [1.54, 1.807) is 36.4 Å². The summed E-state index contributed by atoms with van der Waals surface area (Å²) in [6.07, 6.45) is 4.15. The van der Waals surface area contributed by atoms with Crippen molar-refractivity contribution in [1.29, 1.82) is 5.26 Å². The predicted octanol–water partition coefficient (Wildman–Crippen LogP) is 3.62. The van der Waals surface area contributed by atoms with Crippen molar-refractivity contribution < 1.29 is 9.13 Å². The van der Waals surface area contributed by atoms with Gasteiger partial charge in [0.15, 0.2) is 0 Å². The van der Waals surface area contributed by atoms with Crippen molar-refractivity contribution in [1.82, 2.24) is 15.0 Å². The molecule has 4 rings (SSSR count). The lowest BCUT2D eigenvalue weighted by atomic mass is 10.0. The summed E-state index contributed by atoms with van der Waals surface area (Å²) in [5.41, 5.74) is 4.23. The van der Waals surface area contributed by atoms with Crippen LogP contribution >= 0.6 is 0 Å². The van der Waals surface area contributed by atoms with Gasteiger partial charge in [-0.05, 0) is 54.7 Å². The zero-order valence-corrected chi connectivity index (χ0v) is 13.9. The second-order valence-electron chi connectivity index (χ2n) is 6.04. The Morgan fingerprint density at radius 1 is 1.12 bits per heavy atom. The van der Waals surface area contributed by atoms with Gasteiger partial charge in [0, 0.05) is 23.5 Å². The van der Waals surface area contributed by atoms with E-state index in [-0.39, 0.29) is 6.61 Å². The molecule has 0 bridgehead atoms. The topological polar surface area (TPSA) is 71.7 Å². The molecule has 0 saturated carbocycles. The Hall–Kier alpha value is -3.33. The molecule has 3 aromatic rings. The van der Waals surface area contributed by atoms with Crippen LogP contribution in [-0.2, 0) is 19.4 Å². The zero-order valence-electron chi connectivity index (χ0n) is 13.9. The predicted molar refractivity (Wildman–Crippen MR) is 92.7 cm³/mol.